The molecule has 0 saturated carbocycles. The first-order chi connectivity index (χ1) is 11.0. The van der Waals surface area contributed by atoms with Crippen LogP contribution in [0.25, 0.3) is 0 Å². The predicted molar refractivity (Wildman–Crippen MR) is 91.6 cm³/mol. The van der Waals surface area contributed by atoms with Crippen molar-refractivity contribution >= 4 is 23.2 Å². The van der Waals surface area contributed by atoms with Crippen LogP contribution in [0.4, 0.5) is 5.69 Å². The van der Waals surface area contributed by atoms with Gasteiger partial charge in [0.1, 0.15) is 5.75 Å². The van der Waals surface area contributed by atoms with Gasteiger partial charge in [-0.15, -0.1) is 0 Å². The highest BCUT2D eigenvalue weighted by molar-refractivity contribution is 6.05. The molecular weight excluding hydrogens is 294 g/mol. The monoisotopic (exact) mass is 319 g/mol. The lowest BCUT2D eigenvalue weighted by Crippen LogP contribution is -2.21. The Hall–Kier alpha value is -2.37. The molecule has 2 N–H and O–H groups in total. The third-order valence-corrected chi connectivity index (χ3v) is 2.99. The fourth-order valence-corrected chi connectivity index (χ4v) is 1.83. The molecule has 6 nitrogen and oxygen atoms in total. The zero-order valence-electron chi connectivity index (χ0n) is 14.0. The molecule has 0 aliphatic rings. The van der Waals surface area contributed by atoms with Crippen LogP contribution in [0.2, 0.25) is 0 Å². The fourth-order valence-electron chi connectivity index (χ4n) is 1.83. The van der Waals surface area contributed by atoms with Gasteiger partial charge in [-0.1, -0.05) is 13.3 Å². The molecule has 0 heterocycles. The Kier molecular flexibility index (Phi) is 8.42. The molecule has 23 heavy (non-hydrogen) atoms. The van der Waals surface area contributed by atoms with Crippen molar-refractivity contribution in [3.8, 4) is 5.75 Å². The number of hydrazone groups is 1. The molecule has 1 aromatic rings. The fraction of sp³-hybridized carbons (Fsp3) is 0.471. The molecule has 0 aliphatic carbocycles. The number of unbranched alkanes of at least 4 members (excludes halogenated alkanes) is 1. The molecule has 2 amide bonds. The lowest BCUT2D eigenvalue weighted by molar-refractivity contribution is -0.121. The van der Waals surface area contributed by atoms with Crippen molar-refractivity contribution in [2.45, 2.75) is 46.5 Å². The van der Waals surface area contributed by atoms with Crippen LogP contribution in [0, 0.1) is 0 Å². The van der Waals surface area contributed by atoms with E-state index >= 15 is 0 Å². The topological polar surface area (TPSA) is 79.8 Å². The molecule has 0 fully saturated rings. The maximum atomic E-state index is 11.9. The summed E-state index contributed by atoms with van der Waals surface area (Å²) in [5.41, 5.74) is 3.71. The molecule has 0 atom stereocenters. The van der Waals surface area contributed by atoms with E-state index in [2.05, 4.69) is 15.8 Å². The van der Waals surface area contributed by atoms with Crippen LogP contribution in [0.3, 0.4) is 0 Å². The second-order valence-electron chi connectivity index (χ2n) is 5.17. The van der Waals surface area contributed by atoms with Gasteiger partial charge in [-0.2, -0.15) is 5.10 Å². The Bertz CT molecular complexity index is 539. The summed E-state index contributed by atoms with van der Waals surface area (Å²) in [6.07, 6.45) is 2.37. The number of rotatable bonds is 9. The molecule has 6 heteroatoms. The summed E-state index contributed by atoms with van der Waals surface area (Å²) in [4.78, 5) is 23.4. The standard InChI is InChI=1S/C17H25N3O3/c1-4-6-7-16(21)20-19-13(3)12-17(22)18-14-8-10-15(11-9-14)23-5-2/h8-11H,4-7,12H2,1-3H3,(H,18,22)(H,20,21)/b19-13+. The molecule has 0 spiro atoms. The zero-order chi connectivity index (χ0) is 17.1. The first kappa shape index (κ1) is 18.7. The molecule has 0 aliphatic heterocycles. The largest absolute Gasteiger partial charge is 0.494 e. The SMILES string of the molecule is CCCCC(=O)N/N=C(\C)CC(=O)Nc1ccc(OCC)cc1. The van der Waals surface area contributed by atoms with Crippen LogP contribution in [0.1, 0.15) is 46.5 Å². The van der Waals surface area contributed by atoms with Crippen molar-refractivity contribution < 1.29 is 14.3 Å². The first-order valence-corrected chi connectivity index (χ1v) is 7.89. The van der Waals surface area contributed by atoms with Gasteiger partial charge in [0.2, 0.25) is 11.8 Å². The van der Waals surface area contributed by atoms with Gasteiger partial charge in [-0.25, -0.2) is 5.43 Å². The van der Waals surface area contributed by atoms with E-state index in [0.717, 1.165) is 18.6 Å². The zero-order valence-corrected chi connectivity index (χ0v) is 14.0. The molecule has 0 saturated heterocycles. The number of hydrogen-bond acceptors (Lipinski definition) is 4. The van der Waals surface area contributed by atoms with E-state index in [1.165, 1.54) is 0 Å². The molecule has 0 radical (unpaired) electrons. The van der Waals surface area contributed by atoms with Crippen molar-refractivity contribution in [2.24, 2.45) is 5.10 Å². The smallest absolute Gasteiger partial charge is 0.240 e. The summed E-state index contributed by atoms with van der Waals surface area (Å²) in [6.45, 7) is 6.25. The summed E-state index contributed by atoms with van der Waals surface area (Å²) in [5, 5.41) is 6.71. The Morgan fingerprint density at radius 1 is 1.13 bits per heavy atom. The van der Waals surface area contributed by atoms with Crippen molar-refractivity contribution in [1.29, 1.82) is 0 Å². The Morgan fingerprint density at radius 2 is 1.83 bits per heavy atom. The number of nitrogens with zero attached hydrogens (tertiary/aromatic N) is 1. The quantitative estimate of drug-likeness (QED) is 0.542. The minimum atomic E-state index is -0.182. The number of amides is 2. The number of anilines is 1. The van der Waals surface area contributed by atoms with E-state index in [1.807, 2.05) is 13.8 Å². The number of benzene rings is 1. The number of carbonyl (C=O) groups excluding carboxylic acids is 2. The van der Waals surface area contributed by atoms with Gasteiger partial charge in [0.25, 0.3) is 0 Å². The third kappa shape index (κ3) is 7.99. The van der Waals surface area contributed by atoms with Gasteiger partial charge >= 0.3 is 0 Å². The van der Waals surface area contributed by atoms with Crippen LogP contribution in [-0.4, -0.2) is 24.1 Å². The molecule has 0 bridgehead atoms. The maximum Gasteiger partial charge on any atom is 0.240 e. The van der Waals surface area contributed by atoms with E-state index in [4.69, 9.17) is 4.74 Å². The van der Waals surface area contributed by atoms with Gasteiger partial charge in [0.15, 0.2) is 0 Å². The van der Waals surface area contributed by atoms with Crippen molar-refractivity contribution in [3.05, 3.63) is 24.3 Å². The third-order valence-electron chi connectivity index (χ3n) is 2.99. The Balaban J connectivity index is 2.41. The summed E-state index contributed by atoms with van der Waals surface area (Å²) >= 11 is 0. The van der Waals surface area contributed by atoms with Gasteiger partial charge in [-0.3, -0.25) is 9.59 Å². The summed E-state index contributed by atoms with van der Waals surface area (Å²) in [5.74, 6) is 0.453. The van der Waals surface area contributed by atoms with E-state index in [1.54, 1.807) is 31.2 Å². The minimum Gasteiger partial charge on any atom is -0.494 e. The lowest BCUT2D eigenvalue weighted by atomic mass is 10.2. The highest BCUT2D eigenvalue weighted by atomic mass is 16.5. The second-order valence-corrected chi connectivity index (χ2v) is 5.17. The van der Waals surface area contributed by atoms with Gasteiger partial charge < -0.3 is 10.1 Å². The summed E-state index contributed by atoms with van der Waals surface area (Å²) < 4.78 is 5.34. The second kappa shape index (κ2) is 10.4. The Morgan fingerprint density at radius 3 is 2.43 bits per heavy atom. The van der Waals surface area contributed by atoms with Crippen LogP contribution >= 0.6 is 0 Å². The Labute approximate surface area is 137 Å². The molecule has 126 valence electrons. The molecule has 1 rings (SSSR count). The molecule has 0 aromatic heterocycles. The van der Waals surface area contributed by atoms with Crippen LogP contribution < -0.4 is 15.5 Å². The lowest BCUT2D eigenvalue weighted by Gasteiger charge is -2.07. The van der Waals surface area contributed by atoms with E-state index in [9.17, 15) is 9.59 Å². The average Bonchev–Trinajstić information content (AvgIpc) is 2.53. The van der Waals surface area contributed by atoms with Crippen molar-refractivity contribution in [3.63, 3.8) is 0 Å². The first-order valence-electron chi connectivity index (χ1n) is 7.89. The molecular formula is C17H25N3O3. The number of nitrogens with one attached hydrogen (secondary N) is 2. The van der Waals surface area contributed by atoms with E-state index in [0.29, 0.717) is 24.4 Å². The van der Waals surface area contributed by atoms with E-state index in [-0.39, 0.29) is 18.2 Å². The van der Waals surface area contributed by atoms with Gasteiger partial charge in [-0.05, 0) is 44.5 Å². The maximum absolute atomic E-state index is 11.9. The summed E-state index contributed by atoms with van der Waals surface area (Å²) in [6, 6.07) is 7.16. The number of ether oxygens (including phenoxy) is 1. The van der Waals surface area contributed by atoms with Crippen molar-refractivity contribution in [1.82, 2.24) is 5.43 Å². The summed E-state index contributed by atoms with van der Waals surface area (Å²) in [7, 11) is 0. The van der Waals surface area contributed by atoms with Crippen LogP contribution in [0.15, 0.2) is 29.4 Å². The normalized spacial score (nSPS) is 11.0. The highest BCUT2D eigenvalue weighted by Gasteiger charge is 2.06. The van der Waals surface area contributed by atoms with Gasteiger partial charge in [0.05, 0.1) is 13.0 Å². The van der Waals surface area contributed by atoms with Crippen LogP contribution in [-0.2, 0) is 9.59 Å². The average molecular weight is 319 g/mol. The van der Waals surface area contributed by atoms with Crippen molar-refractivity contribution in [2.75, 3.05) is 11.9 Å². The van der Waals surface area contributed by atoms with Crippen LogP contribution in [0.5, 0.6) is 5.75 Å². The molecule has 0 unspecified atom stereocenters. The number of carbonyl (C=O) groups is 2. The highest BCUT2D eigenvalue weighted by Crippen LogP contribution is 2.15. The predicted octanol–water partition coefficient (Wildman–Crippen LogP) is 3.10. The minimum absolute atomic E-state index is 0.126. The van der Waals surface area contributed by atoms with E-state index < -0.39 is 0 Å². The number of hydrogen-bond donors (Lipinski definition) is 2. The molecule has 1 aromatic carbocycles. The van der Waals surface area contributed by atoms with Gasteiger partial charge in [0, 0.05) is 17.8 Å².